The summed E-state index contributed by atoms with van der Waals surface area (Å²) in [5.74, 6) is -14.5. The van der Waals surface area contributed by atoms with Gasteiger partial charge in [-0.2, -0.15) is 39.2 Å². The van der Waals surface area contributed by atoms with Crippen molar-refractivity contribution in [2.45, 2.75) is 81.4 Å². The molecular weight excluding hydrogens is 569 g/mol. The average molecular weight is 597 g/mol. The number of benzene rings is 1. The number of rotatable bonds is 12. The molecule has 1 unspecified atom stereocenters. The van der Waals surface area contributed by atoms with E-state index >= 15 is 0 Å². The Bertz CT molecular complexity index is 1100. The summed E-state index contributed by atoms with van der Waals surface area (Å²) in [4.78, 5) is 25.4. The van der Waals surface area contributed by atoms with Gasteiger partial charge in [0, 0.05) is 6.42 Å². The van der Waals surface area contributed by atoms with Crippen molar-refractivity contribution in [1.82, 2.24) is 0 Å². The maximum atomic E-state index is 14.3. The van der Waals surface area contributed by atoms with Crippen molar-refractivity contribution in [3.8, 4) is 5.75 Å². The van der Waals surface area contributed by atoms with Crippen molar-refractivity contribution in [1.29, 1.82) is 0 Å². The van der Waals surface area contributed by atoms with Crippen LogP contribution in [-0.4, -0.2) is 54.7 Å². The highest BCUT2D eigenvalue weighted by Crippen LogP contribution is 2.42. The molecule has 0 amide bonds. The van der Waals surface area contributed by atoms with Gasteiger partial charge in [0.1, 0.15) is 5.75 Å². The van der Waals surface area contributed by atoms with Gasteiger partial charge in [-0.1, -0.05) is 37.0 Å². The highest BCUT2D eigenvalue weighted by molar-refractivity contribution is 7.87. The molecule has 0 saturated heterocycles. The van der Waals surface area contributed by atoms with Gasteiger partial charge < -0.3 is 14.2 Å². The molecule has 1 fully saturated rings. The normalized spacial score (nSPS) is 17.4. The molecule has 1 N–H and O–H groups in total. The second kappa shape index (κ2) is 12.4. The number of ether oxygens (including phenoxy) is 3. The molecule has 1 atom stereocenters. The van der Waals surface area contributed by atoms with Gasteiger partial charge in [-0.15, -0.1) is 0 Å². The van der Waals surface area contributed by atoms with Crippen LogP contribution in [0.3, 0.4) is 0 Å². The molecule has 8 nitrogen and oxygen atoms in total. The van der Waals surface area contributed by atoms with Crippen LogP contribution in [0.1, 0.15) is 56.9 Å². The molecule has 1 aliphatic rings. The standard InChI is InChI=1S/C23H27F7O8S/c1-15-9-11-17(12-10-15)37-19(32)21(22(26,27)28,38-18(31)16-7-3-2-4-8-16)36-14-6-5-13-20(24,25)23(29,30)39(33,34)35/h9-12,16H,2-8,13-14H2,1H3,(H,33,34,35). The zero-order valence-electron chi connectivity index (χ0n) is 20.6. The summed E-state index contributed by atoms with van der Waals surface area (Å²) in [5.41, 5.74) is 0.674. The Morgan fingerprint density at radius 3 is 2.03 bits per heavy atom. The minimum Gasteiger partial charge on any atom is -0.421 e. The molecule has 222 valence electrons. The van der Waals surface area contributed by atoms with Crippen molar-refractivity contribution in [3.63, 3.8) is 0 Å². The summed E-state index contributed by atoms with van der Waals surface area (Å²) < 4.78 is 140. The van der Waals surface area contributed by atoms with Crippen molar-refractivity contribution in [3.05, 3.63) is 29.8 Å². The quantitative estimate of drug-likeness (QED) is 0.0830. The fourth-order valence-electron chi connectivity index (χ4n) is 3.73. The van der Waals surface area contributed by atoms with Crippen LogP contribution in [0.25, 0.3) is 0 Å². The highest BCUT2D eigenvalue weighted by Gasteiger charge is 2.68. The summed E-state index contributed by atoms with van der Waals surface area (Å²) >= 11 is 0. The van der Waals surface area contributed by atoms with Crippen LogP contribution in [0.2, 0.25) is 0 Å². The predicted octanol–water partition coefficient (Wildman–Crippen LogP) is 5.59. The molecule has 1 aromatic carbocycles. The summed E-state index contributed by atoms with van der Waals surface area (Å²) in [6.45, 7) is 0.435. The Morgan fingerprint density at radius 2 is 1.51 bits per heavy atom. The van der Waals surface area contributed by atoms with Crippen LogP contribution in [-0.2, 0) is 29.2 Å². The molecule has 2 rings (SSSR count). The highest BCUT2D eigenvalue weighted by atomic mass is 32.2. The lowest BCUT2D eigenvalue weighted by molar-refractivity contribution is -0.354. The van der Waals surface area contributed by atoms with Gasteiger partial charge in [0.15, 0.2) is 0 Å². The SMILES string of the molecule is Cc1ccc(OC(=O)C(OCCCCC(F)(F)C(F)(F)S(=O)(=O)O)(OC(=O)C2CCCCC2)C(F)(F)F)cc1. The van der Waals surface area contributed by atoms with E-state index in [1.54, 1.807) is 6.92 Å². The zero-order valence-corrected chi connectivity index (χ0v) is 21.4. The summed E-state index contributed by atoms with van der Waals surface area (Å²) in [6.07, 6.45) is -7.30. The Morgan fingerprint density at radius 1 is 0.949 bits per heavy atom. The maximum absolute atomic E-state index is 14.3. The van der Waals surface area contributed by atoms with Crippen LogP contribution >= 0.6 is 0 Å². The number of unbranched alkanes of at least 4 members (excludes halogenated alkanes) is 1. The number of alkyl halides is 7. The summed E-state index contributed by atoms with van der Waals surface area (Å²) in [5, 5.41) is -5.86. The van der Waals surface area contributed by atoms with E-state index in [-0.39, 0.29) is 18.6 Å². The molecular formula is C23H27F7O8S. The van der Waals surface area contributed by atoms with E-state index in [0.717, 1.165) is 18.6 Å². The third-order valence-electron chi connectivity index (χ3n) is 6.00. The summed E-state index contributed by atoms with van der Waals surface area (Å²) in [7, 11) is -6.50. The fourth-order valence-corrected chi connectivity index (χ4v) is 4.21. The van der Waals surface area contributed by atoms with Crippen molar-refractivity contribution < 1.29 is 67.5 Å². The van der Waals surface area contributed by atoms with Crippen LogP contribution in [0, 0.1) is 12.8 Å². The number of halogens is 7. The van der Waals surface area contributed by atoms with Crippen LogP contribution in [0.4, 0.5) is 30.7 Å². The molecule has 16 heteroatoms. The Balaban J connectivity index is 2.24. The van der Waals surface area contributed by atoms with Gasteiger partial charge in [0.05, 0.1) is 12.5 Å². The zero-order chi connectivity index (χ0) is 29.7. The minimum atomic E-state index is -6.50. The van der Waals surface area contributed by atoms with E-state index in [1.807, 2.05) is 0 Å². The topological polar surface area (TPSA) is 116 Å². The second-order valence-corrected chi connectivity index (χ2v) is 10.5. The van der Waals surface area contributed by atoms with Gasteiger partial charge in [0.2, 0.25) is 0 Å². The first-order chi connectivity index (χ1) is 17.8. The van der Waals surface area contributed by atoms with E-state index in [2.05, 4.69) is 9.47 Å². The van der Waals surface area contributed by atoms with Crippen molar-refractivity contribution in [2.75, 3.05) is 6.61 Å². The number of hydrogen-bond acceptors (Lipinski definition) is 7. The Kier molecular flexibility index (Phi) is 10.4. The van der Waals surface area contributed by atoms with E-state index in [1.165, 1.54) is 12.1 Å². The molecule has 1 aromatic rings. The average Bonchev–Trinajstić information content (AvgIpc) is 2.83. The molecule has 1 aliphatic carbocycles. The van der Waals surface area contributed by atoms with Gasteiger partial charge in [-0.3, -0.25) is 9.35 Å². The number of carbonyl (C=O) groups is 2. The predicted molar refractivity (Wildman–Crippen MR) is 120 cm³/mol. The van der Waals surface area contributed by atoms with Gasteiger partial charge >= 0.3 is 45.2 Å². The smallest absolute Gasteiger partial charge is 0.421 e. The first-order valence-electron chi connectivity index (χ1n) is 11.8. The van der Waals surface area contributed by atoms with Crippen LogP contribution in [0.5, 0.6) is 5.75 Å². The first kappa shape index (κ1) is 32.8. The second-order valence-electron chi connectivity index (χ2n) is 9.07. The van der Waals surface area contributed by atoms with Gasteiger partial charge in [-0.25, -0.2) is 4.79 Å². The van der Waals surface area contributed by atoms with Crippen LogP contribution in [0.15, 0.2) is 24.3 Å². The first-order valence-corrected chi connectivity index (χ1v) is 13.2. The summed E-state index contributed by atoms with van der Waals surface area (Å²) in [6, 6.07) is 5.15. The molecule has 0 radical (unpaired) electrons. The minimum absolute atomic E-state index is 0.191. The largest absolute Gasteiger partial charge is 0.468 e. The maximum Gasteiger partial charge on any atom is 0.468 e. The molecule has 0 aromatic heterocycles. The van der Waals surface area contributed by atoms with Gasteiger partial charge in [-0.05, 0) is 44.7 Å². The van der Waals surface area contributed by atoms with Crippen molar-refractivity contribution >= 4 is 22.1 Å². The molecule has 0 spiro atoms. The molecule has 0 heterocycles. The third-order valence-corrected chi connectivity index (χ3v) is 6.94. The monoisotopic (exact) mass is 596 g/mol. The number of carbonyl (C=O) groups excluding carboxylic acids is 2. The fraction of sp³-hybridized carbons (Fsp3) is 0.652. The van der Waals surface area contributed by atoms with E-state index in [0.29, 0.717) is 18.4 Å². The third kappa shape index (κ3) is 7.81. The van der Waals surface area contributed by atoms with Gasteiger partial charge in [0.25, 0.3) is 0 Å². The Labute approximate surface area is 219 Å². The lowest BCUT2D eigenvalue weighted by Gasteiger charge is -2.34. The molecule has 0 bridgehead atoms. The van der Waals surface area contributed by atoms with E-state index < -0.39 is 77.0 Å². The van der Waals surface area contributed by atoms with Crippen molar-refractivity contribution in [2.24, 2.45) is 5.92 Å². The molecule has 39 heavy (non-hydrogen) atoms. The lowest BCUT2D eigenvalue weighted by atomic mass is 9.89. The van der Waals surface area contributed by atoms with E-state index in [4.69, 9.17) is 9.29 Å². The Hall–Kier alpha value is -2.46. The van der Waals surface area contributed by atoms with Crippen LogP contribution < -0.4 is 4.74 Å². The number of esters is 2. The molecule has 1 saturated carbocycles. The lowest BCUT2D eigenvalue weighted by Crippen LogP contribution is -2.59. The number of aryl methyl sites for hydroxylation is 1. The van der Waals surface area contributed by atoms with E-state index in [9.17, 15) is 48.7 Å². The molecule has 0 aliphatic heterocycles. The number of hydrogen-bond donors (Lipinski definition) is 1.